The second-order valence-corrected chi connectivity index (χ2v) is 7.09. The highest BCUT2D eigenvalue weighted by Gasteiger charge is 2.40. The Morgan fingerprint density at radius 2 is 1.81 bits per heavy atom. The zero-order chi connectivity index (χ0) is 19.0. The number of rotatable bonds is 3. The van der Waals surface area contributed by atoms with E-state index < -0.39 is 11.9 Å². The third-order valence-corrected chi connectivity index (χ3v) is 5.40. The molecule has 1 saturated heterocycles. The summed E-state index contributed by atoms with van der Waals surface area (Å²) in [7, 11) is 0. The molecule has 0 bridgehead atoms. The molecule has 2 N–H and O–H groups in total. The van der Waals surface area contributed by atoms with Crippen LogP contribution in [-0.2, 0) is 16.0 Å². The number of nitrogens with one attached hydrogen (secondary N) is 1. The van der Waals surface area contributed by atoms with E-state index in [-0.39, 0.29) is 24.3 Å². The van der Waals surface area contributed by atoms with Crippen molar-refractivity contribution in [3.63, 3.8) is 0 Å². The topological polar surface area (TPSA) is 86.7 Å². The van der Waals surface area contributed by atoms with Crippen molar-refractivity contribution in [1.29, 1.82) is 0 Å². The minimum atomic E-state index is -0.882. The van der Waals surface area contributed by atoms with Crippen molar-refractivity contribution >= 4 is 23.5 Å². The maximum absolute atomic E-state index is 13.0. The Morgan fingerprint density at radius 1 is 1.04 bits per heavy atom. The van der Waals surface area contributed by atoms with Gasteiger partial charge in [-0.25, -0.2) is 0 Å². The fourth-order valence-electron chi connectivity index (χ4n) is 3.96. The summed E-state index contributed by atoms with van der Waals surface area (Å²) in [6.45, 7) is 0.579. The Hall–Kier alpha value is -3.15. The van der Waals surface area contributed by atoms with Gasteiger partial charge < -0.3 is 15.3 Å². The van der Waals surface area contributed by atoms with Crippen molar-refractivity contribution in [3.05, 3.63) is 65.2 Å². The van der Waals surface area contributed by atoms with Gasteiger partial charge in [-0.3, -0.25) is 14.4 Å². The summed E-state index contributed by atoms with van der Waals surface area (Å²) in [6, 6.07) is 14.7. The largest absolute Gasteiger partial charge is 0.481 e. The second kappa shape index (κ2) is 6.87. The number of fused-ring (bicyclic) bond motifs is 1. The number of hydrogen-bond acceptors (Lipinski definition) is 3. The number of carbonyl (C=O) groups is 3. The third-order valence-electron chi connectivity index (χ3n) is 5.40. The first kappa shape index (κ1) is 17.3. The molecule has 2 aliphatic rings. The van der Waals surface area contributed by atoms with Crippen molar-refractivity contribution in [2.75, 3.05) is 18.4 Å². The Kier molecular flexibility index (Phi) is 4.39. The number of likely N-dealkylation sites (tertiary alicyclic amines) is 1. The van der Waals surface area contributed by atoms with Crippen LogP contribution in [0.3, 0.4) is 0 Å². The van der Waals surface area contributed by atoms with E-state index in [2.05, 4.69) is 5.32 Å². The van der Waals surface area contributed by atoms with Gasteiger partial charge in [0.1, 0.15) is 0 Å². The van der Waals surface area contributed by atoms with Gasteiger partial charge in [-0.2, -0.15) is 0 Å². The zero-order valence-corrected chi connectivity index (χ0v) is 14.7. The van der Waals surface area contributed by atoms with Gasteiger partial charge in [-0.15, -0.1) is 0 Å². The van der Waals surface area contributed by atoms with Crippen LogP contribution in [0.2, 0.25) is 0 Å². The molecule has 0 spiro atoms. The van der Waals surface area contributed by atoms with E-state index in [9.17, 15) is 19.5 Å². The molecule has 2 heterocycles. The molecule has 0 unspecified atom stereocenters. The number of carboxylic acid groups (broad SMARTS) is 1. The summed E-state index contributed by atoms with van der Waals surface area (Å²) in [5.74, 6) is -1.90. The zero-order valence-electron chi connectivity index (χ0n) is 14.7. The van der Waals surface area contributed by atoms with Gasteiger partial charge in [-0.05, 0) is 35.7 Å². The molecule has 2 aliphatic heterocycles. The second-order valence-electron chi connectivity index (χ2n) is 7.09. The number of hydrogen-bond donors (Lipinski definition) is 2. The molecule has 0 aliphatic carbocycles. The molecule has 0 saturated carbocycles. The number of amides is 2. The van der Waals surface area contributed by atoms with Crippen LogP contribution in [0.15, 0.2) is 48.5 Å². The summed E-state index contributed by atoms with van der Waals surface area (Å²) < 4.78 is 0. The summed E-state index contributed by atoms with van der Waals surface area (Å²) in [5.41, 5.74) is 3.15. The van der Waals surface area contributed by atoms with Crippen molar-refractivity contribution in [2.24, 2.45) is 5.92 Å². The number of nitrogens with zero attached hydrogens (tertiary/aromatic N) is 1. The van der Waals surface area contributed by atoms with Crippen LogP contribution >= 0.6 is 0 Å². The highest BCUT2D eigenvalue weighted by Crippen LogP contribution is 2.34. The first-order chi connectivity index (χ1) is 13.0. The van der Waals surface area contributed by atoms with Gasteiger partial charge in [0.15, 0.2) is 0 Å². The lowest BCUT2D eigenvalue weighted by Gasteiger charge is -2.20. The predicted molar refractivity (Wildman–Crippen MR) is 99.6 cm³/mol. The van der Waals surface area contributed by atoms with E-state index in [1.54, 1.807) is 17.0 Å². The molecule has 0 aromatic heterocycles. The van der Waals surface area contributed by atoms with Gasteiger partial charge in [0.2, 0.25) is 5.91 Å². The third kappa shape index (κ3) is 3.30. The van der Waals surface area contributed by atoms with Crippen molar-refractivity contribution in [3.8, 4) is 0 Å². The molecule has 2 amide bonds. The van der Waals surface area contributed by atoms with Crippen LogP contribution in [0.1, 0.15) is 33.8 Å². The normalized spacial score (nSPS) is 21.5. The number of carboxylic acids is 1. The van der Waals surface area contributed by atoms with E-state index in [4.69, 9.17) is 0 Å². The lowest BCUT2D eigenvalue weighted by atomic mass is 9.89. The minimum Gasteiger partial charge on any atom is -0.481 e. The van der Waals surface area contributed by atoms with Crippen LogP contribution in [0.5, 0.6) is 0 Å². The van der Waals surface area contributed by atoms with Gasteiger partial charge in [0.05, 0.1) is 5.92 Å². The molecule has 6 nitrogen and oxygen atoms in total. The quantitative estimate of drug-likeness (QED) is 0.876. The summed E-state index contributed by atoms with van der Waals surface area (Å²) in [5, 5.41) is 12.4. The highest BCUT2D eigenvalue weighted by molar-refractivity contribution is 5.98. The summed E-state index contributed by atoms with van der Waals surface area (Å²) >= 11 is 0. The fourth-order valence-corrected chi connectivity index (χ4v) is 3.96. The van der Waals surface area contributed by atoms with E-state index in [1.807, 2.05) is 36.4 Å². The fraction of sp³-hybridized carbons (Fsp3) is 0.286. The number of aryl methyl sites for hydroxylation is 1. The predicted octanol–water partition coefficient (Wildman–Crippen LogP) is 2.51. The maximum atomic E-state index is 13.0. The molecule has 138 valence electrons. The van der Waals surface area contributed by atoms with E-state index in [0.717, 1.165) is 16.8 Å². The van der Waals surface area contributed by atoms with E-state index in [0.29, 0.717) is 24.9 Å². The number of benzene rings is 2. The van der Waals surface area contributed by atoms with Crippen LogP contribution in [0.4, 0.5) is 5.69 Å². The molecule has 6 heteroatoms. The first-order valence-corrected chi connectivity index (χ1v) is 9.03. The van der Waals surface area contributed by atoms with Gasteiger partial charge in [0.25, 0.3) is 5.91 Å². The molecular weight excluding hydrogens is 344 g/mol. The molecule has 2 aromatic carbocycles. The average molecular weight is 364 g/mol. The maximum Gasteiger partial charge on any atom is 0.308 e. The van der Waals surface area contributed by atoms with Gasteiger partial charge in [-0.1, -0.05) is 30.3 Å². The SMILES string of the molecule is O=C1CCc2cc(C(=O)N3C[C@H](c4ccccc4)[C@H](C(=O)O)C3)ccc2N1. The minimum absolute atomic E-state index is 0.0175. The molecule has 2 aromatic rings. The van der Waals surface area contributed by atoms with E-state index >= 15 is 0 Å². The molecule has 4 rings (SSSR count). The van der Waals surface area contributed by atoms with Crippen LogP contribution < -0.4 is 5.32 Å². The molecular formula is C21H20N2O4. The Balaban J connectivity index is 1.57. The smallest absolute Gasteiger partial charge is 0.308 e. The molecule has 2 atom stereocenters. The number of aliphatic carboxylic acids is 1. The first-order valence-electron chi connectivity index (χ1n) is 9.03. The highest BCUT2D eigenvalue weighted by atomic mass is 16.4. The van der Waals surface area contributed by atoms with Crippen LogP contribution in [-0.4, -0.2) is 40.9 Å². The molecule has 0 radical (unpaired) electrons. The lowest BCUT2D eigenvalue weighted by Crippen LogP contribution is -2.30. The Bertz CT molecular complexity index is 910. The number of anilines is 1. The standard InChI is InChI=1S/C21H20N2O4/c24-19-9-7-14-10-15(6-8-18(14)22-19)20(25)23-11-16(17(12-23)21(26)27)13-4-2-1-3-5-13/h1-6,8,10,16-17H,7,9,11-12H2,(H,22,24)(H,26,27)/t16-,17-/m1/s1. The van der Waals surface area contributed by atoms with Crippen LogP contribution in [0.25, 0.3) is 0 Å². The average Bonchev–Trinajstić information content (AvgIpc) is 3.13. The van der Waals surface area contributed by atoms with Crippen molar-refractivity contribution < 1.29 is 19.5 Å². The Labute approximate surface area is 156 Å². The van der Waals surface area contributed by atoms with Gasteiger partial charge in [0, 0.05) is 36.7 Å². The van der Waals surface area contributed by atoms with Crippen LogP contribution in [0, 0.1) is 5.92 Å². The van der Waals surface area contributed by atoms with Gasteiger partial charge >= 0.3 is 5.97 Å². The lowest BCUT2D eigenvalue weighted by molar-refractivity contribution is -0.141. The molecule has 27 heavy (non-hydrogen) atoms. The van der Waals surface area contributed by atoms with Crippen molar-refractivity contribution in [1.82, 2.24) is 4.90 Å². The molecule has 1 fully saturated rings. The Morgan fingerprint density at radius 3 is 2.56 bits per heavy atom. The monoisotopic (exact) mass is 364 g/mol. The van der Waals surface area contributed by atoms with Crippen molar-refractivity contribution in [2.45, 2.75) is 18.8 Å². The summed E-state index contributed by atoms with van der Waals surface area (Å²) in [4.78, 5) is 37.8. The number of carbonyl (C=O) groups excluding carboxylic acids is 2. The summed E-state index contributed by atoms with van der Waals surface area (Å²) in [6.07, 6.45) is 1.01. The van der Waals surface area contributed by atoms with E-state index in [1.165, 1.54) is 0 Å².